The van der Waals surface area contributed by atoms with Gasteiger partial charge in [0, 0.05) is 0 Å². The molecule has 28 heavy (non-hydrogen) atoms. The molecule has 6 heteroatoms. The van der Waals surface area contributed by atoms with Gasteiger partial charge < -0.3 is 24.0 Å². The van der Waals surface area contributed by atoms with Gasteiger partial charge in [-0.25, -0.2) is 0 Å². The number of hydrogen-bond acceptors (Lipinski definition) is 4. The summed E-state index contributed by atoms with van der Waals surface area (Å²) in [5.74, 6) is 2.33. The molecule has 0 aliphatic carbocycles. The van der Waals surface area contributed by atoms with Gasteiger partial charge in [0.2, 0.25) is 0 Å². The topological polar surface area (TPSA) is 52.4 Å². The predicted octanol–water partition coefficient (Wildman–Crippen LogP) is 1.32. The molecule has 0 radical (unpaired) electrons. The van der Waals surface area contributed by atoms with Crippen LogP contribution in [-0.4, -0.2) is 57.8 Å². The number of ether oxygens (including phenoxy) is 3. The predicted molar refractivity (Wildman–Crippen MR) is 107 cm³/mol. The molecule has 2 aromatic rings. The fourth-order valence-corrected chi connectivity index (χ4v) is 3.55. The van der Waals surface area contributed by atoms with Crippen LogP contribution in [0.5, 0.6) is 17.2 Å². The summed E-state index contributed by atoms with van der Waals surface area (Å²) in [4.78, 5) is 15.8. The molecule has 0 spiro atoms. The summed E-state index contributed by atoms with van der Waals surface area (Å²) in [5, 5.41) is 0. The third-order valence-electron chi connectivity index (χ3n) is 5.10. The maximum atomic E-state index is 12.5. The maximum absolute atomic E-state index is 12.5. The van der Waals surface area contributed by atoms with Crippen LogP contribution in [0.25, 0.3) is 0 Å². The van der Waals surface area contributed by atoms with Crippen LogP contribution in [0.3, 0.4) is 0 Å². The molecule has 0 atom stereocenters. The Morgan fingerprint density at radius 2 is 1.82 bits per heavy atom. The number of nitrogens with one attached hydrogen (secondary N) is 1. The van der Waals surface area contributed by atoms with Crippen LogP contribution in [0.15, 0.2) is 42.5 Å². The summed E-state index contributed by atoms with van der Waals surface area (Å²) in [7, 11) is 3.32. The molecule has 1 saturated heterocycles. The number of rotatable bonds is 7. The van der Waals surface area contributed by atoms with Crippen LogP contribution in [0.1, 0.15) is 11.1 Å². The first-order valence-corrected chi connectivity index (χ1v) is 9.61. The summed E-state index contributed by atoms with van der Waals surface area (Å²) < 4.78 is 16.6. The fourth-order valence-electron chi connectivity index (χ4n) is 3.55. The first-order valence-electron chi connectivity index (χ1n) is 9.61. The molecule has 1 N–H and O–H groups in total. The third kappa shape index (κ3) is 4.95. The van der Waals surface area contributed by atoms with Crippen LogP contribution in [0.2, 0.25) is 0 Å². The van der Waals surface area contributed by atoms with Gasteiger partial charge in [0.05, 0.1) is 46.0 Å². The van der Waals surface area contributed by atoms with Gasteiger partial charge in [-0.05, 0) is 36.8 Å². The van der Waals surface area contributed by atoms with Crippen LogP contribution in [0.4, 0.5) is 0 Å². The number of amides is 1. The van der Waals surface area contributed by atoms with E-state index >= 15 is 0 Å². The molecule has 2 aromatic carbocycles. The Labute approximate surface area is 166 Å². The third-order valence-corrected chi connectivity index (χ3v) is 5.10. The Bertz CT molecular complexity index is 801. The molecule has 150 valence electrons. The number of carbonyl (C=O) groups is 1. The lowest BCUT2D eigenvalue weighted by Gasteiger charge is -2.32. The highest BCUT2D eigenvalue weighted by atomic mass is 16.5. The first-order chi connectivity index (χ1) is 13.6. The van der Waals surface area contributed by atoms with E-state index in [-0.39, 0.29) is 12.5 Å². The molecular weight excluding hydrogens is 356 g/mol. The summed E-state index contributed by atoms with van der Waals surface area (Å²) in [6.45, 7) is 6.21. The molecule has 6 nitrogen and oxygen atoms in total. The first kappa shape index (κ1) is 20.0. The van der Waals surface area contributed by atoms with Crippen molar-refractivity contribution in [2.75, 3.05) is 47.0 Å². The lowest BCUT2D eigenvalue weighted by molar-refractivity contribution is -0.917. The minimum Gasteiger partial charge on any atom is -0.493 e. The quantitative estimate of drug-likeness (QED) is 0.781. The summed E-state index contributed by atoms with van der Waals surface area (Å²) >= 11 is 0. The number of hydrogen-bond donors (Lipinski definition) is 1. The molecule has 0 aromatic heterocycles. The second-order valence-corrected chi connectivity index (χ2v) is 7.07. The molecule has 1 fully saturated rings. The number of aryl methyl sites for hydroxylation is 1. The van der Waals surface area contributed by atoms with Crippen molar-refractivity contribution in [2.24, 2.45) is 0 Å². The van der Waals surface area contributed by atoms with E-state index in [4.69, 9.17) is 14.2 Å². The minimum atomic E-state index is 0.0412. The zero-order valence-electron chi connectivity index (χ0n) is 16.9. The Balaban J connectivity index is 1.50. The van der Waals surface area contributed by atoms with Crippen molar-refractivity contribution < 1.29 is 23.9 Å². The number of methoxy groups -OCH3 is 2. The summed E-state index contributed by atoms with van der Waals surface area (Å²) in [6, 6.07) is 13.7. The number of para-hydroxylation sites is 1. The van der Waals surface area contributed by atoms with Gasteiger partial charge in [0.25, 0.3) is 5.91 Å². The number of piperazine rings is 1. The van der Waals surface area contributed by atoms with Gasteiger partial charge in [-0.3, -0.25) is 4.79 Å². The highest BCUT2D eigenvalue weighted by molar-refractivity contribution is 5.77. The van der Waals surface area contributed by atoms with Crippen molar-refractivity contribution in [2.45, 2.75) is 13.5 Å². The number of nitrogens with zero attached hydrogens (tertiary/aromatic N) is 1. The van der Waals surface area contributed by atoms with E-state index in [0.717, 1.165) is 61.1 Å². The summed E-state index contributed by atoms with van der Waals surface area (Å²) in [6.07, 6.45) is 0. The maximum Gasteiger partial charge on any atom is 0.260 e. The largest absolute Gasteiger partial charge is 0.493 e. The molecule has 0 bridgehead atoms. The van der Waals surface area contributed by atoms with Crippen molar-refractivity contribution >= 4 is 5.91 Å². The SMILES string of the molecule is COc1cccc(C[NH+]2CCN(C(=O)COc3cccc(C)c3)CC2)c1OC. The van der Waals surface area contributed by atoms with Crippen molar-refractivity contribution in [3.63, 3.8) is 0 Å². The van der Waals surface area contributed by atoms with Gasteiger partial charge in [-0.1, -0.05) is 18.2 Å². The van der Waals surface area contributed by atoms with Crippen molar-refractivity contribution in [1.82, 2.24) is 4.90 Å². The molecule has 0 saturated carbocycles. The van der Waals surface area contributed by atoms with Crippen molar-refractivity contribution in [1.29, 1.82) is 0 Å². The van der Waals surface area contributed by atoms with Gasteiger partial charge in [0.1, 0.15) is 12.3 Å². The number of benzene rings is 2. The second kappa shape index (κ2) is 9.46. The molecule has 1 amide bonds. The van der Waals surface area contributed by atoms with E-state index in [1.165, 1.54) is 4.90 Å². The van der Waals surface area contributed by atoms with Crippen LogP contribution in [-0.2, 0) is 11.3 Å². The monoisotopic (exact) mass is 385 g/mol. The van der Waals surface area contributed by atoms with E-state index in [2.05, 4.69) is 6.07 Å². The van der Waals surface area contributed by atoms with Gasteiger partial charge in [-0.2, -0.15) is 0 Å². The Hall–Kier alpha value is -2.73. The average Bonchev–Trinajstić information content (AvgIpc) is 2.72. The zero-order chi connectivity index (χ0) is 19.9. The zero-order valence-corrected chi connectivity index (χ0v) is 16.9. The van der Waals surface area contributed by atoms with Gasteiger partial charge >= 0.3 is 0 Å². The van der Waals surface area contributed by atoms with Crippen LogP contribution < -0.4 is 19.1 Å². The Morgan fingerprint density at radius 3 is 2.50 bits per heavy atom. The fraction of sp³-hybridized carbons (Fsp3) is 0.409. The lowest BCUT2D eigenvalue weighted by Crippen LogP contribution is -3.13. The van der Waals surface area contributed by atoms with E-state index in [1.807, 2.05) is 48.2 Å². The molecule has 1 aliphatic rings. The standard InChI is InChI=1S/C22H28N2O4/c1-17-6-4-8-19(14-17)28-16-21(25)24-12-10-23(11-13-24)15-18-7-5-9-20(26-2)22(18)27-3/h4-9,14H,10-13,15-16H2,1-3H3/p+1. The van der Waals surface area contributed by atoms with E-state index in [9.17, 15) is 4.79 Å². The minimum absolute atomic E-state index is 0.0412. The lowest BCUT2D eigenvalue weighted by atomic mass is 10.1. The molecule has 3 rings (SSSR count). The Kier molecular flexibility index (Phi) is 6.76. The molecule has 0 unspecified atom stereocenters. The molecule has 1 aliphatic heterocycles. The van der Waals surface area contributed by atoms with Gasteiger partial charge in [0.15, 0.2) is 18.1 Å². The van der Waals surface area contributed by atoms with E-state index in [1.54, 1.807) is 14.2 Å². The van der Waals surface area contributed by atoms with Crippen LogP contribution >= 0.6 is 0 Å². The van der Waals surface area contributed by atoms with Crippen LogP contribution in [0, 0.1) is 6.92 Å². The molecular formula is C22H29N2O4+. The van der Waals surface area contributed by atoms with E-state index < -0.39 is 0 Å². The van der Waals surface area contributed by atoms with Crippen molar-refractivity contribution in [3.05, 3.63) is 53.6 Å². The highest BCUT2D eigenvalue weighted by Crippen LogP contribution is 2.30. The smallest absolute Gasteiger partial charge is 0.260 e. The normalized spacial score (nSPS) is 14.6. The second-order valence-electron chi connectivity index (χ2n) is 7.07. The molecule has 1 heterocycles. The van der Waals surface area contributed by atoms with E-state index in [0.29, 0.717) is 0 Å². The average molecular weight is 385 g/mol. The number of carbonyl (C=O) groups excluding carboxylic acids is 1. The number of quaternary nitrogens is 1. The highest BCUT2D eigenvalue weighted by Gasteiger charge is 2.25. The van der Waals surface area contributed by atoms with Crippen molar-refractivity contribution in [3.8, 4) is 17.2 Å². The van der Waals surface area contributed by atoms with Gasteiger partial charge in [-0.15, -0.1) is 0 Å². The summed E-state index contributed by atoms with van der Waals surface area (Å²) in [5.41, 5.74) is 2.24. The Morgan fingerprint density at radius 1 is 1.07 bits per heavy atom.